The molecular formula is C14H17F3N2O2. The van der Waals surface area contributed by atoms with Crippen molar-refractivity contribution in [3.05, 3.63) is 23.7 Å². The minimum atomic E-state index is -4.58. The minimum absolute atomic E-state index is 0.164. The number of aryl methyl sites for hydroxylation is 1. The van der Waals surface area contributed by atoms with Crippen molar-refractivity contribution in [3.8, 4) is 11.5 Å². The average Bonchev–Trinajstić information content (AvgIpc) is 2.47. The third-order valence-corrected chi connectivity index (χ3v) is 2.65. The molecule has 0 aliphatic heterocycles. The fraction of sp³-hybridized carbons (Fsp3) is 0.429. The molecule has 0 N–H and O–H groups in total. The first-order chi connectivity index (χ1) is 9.86. The maximum Gasteiger partial charge on any atom is 0.451 e. The normalized spacial score (nSPS) is 10.9. The van der Waals surface area contributed by atoms with Gasteiger partial charge in [-0.05, 0) is 13.0 Å². The van der Waals surface area contributed by atoms with Crippen molar-refractivity contribution < 1.29 is 22.6 Å². The first-order valence-corrected chi connectivity index (χ1v) is 6.34. The van der Waals surface area contributed by atoms with E-state index in [1.165, 1.54) is 27.2 Å². The van der Waals surface area contributed by atoms with Crippen molar-refractivity contribution in [1.82, 2.24) is 9.97 Å². The first-order valence-electron chi connectivity index (χ1n) is 6.34. The molecule has 21 heavy (non-hydrogen) atoms. The number of halogens is 3. The summed E-state index contributed by atoms with van der Waals surface area (Å²) >= 11 is 0. The van der Waals surface area contributed by atoms with Gasteiger partial charge in [-0.2, -0.15) is 13.2 Å². The molecule has 0 amide bonds. The Balaban J connectivity index is 0.00000106. The number of aromatic nitrogens is 2. The van der Waals surface area contributed by atoms with Gasteiger partial charge in [-0.3, -0.25) is 0 Å². The topological polar surface area (TPSA) is 44.2 Å². The molecule has 2 aromatic rings. The van der Waals surface area contributed by atoms with Gasteiger partial charge < -0.3 is 9.47 Å². The van der Waals surface area contributed by atoms with E-state index >= 15 is 0 Å². The van der Waals surface area contributed by atoms with E-state index in [1.54, 1.807) is 6.07 Å². The van der Waals surface area contributed by atoms with Crippen LogP contribution in [0.3, 0.4) is 0 Å². The van der Waals surface area contributed by atoms with Crippen molar-refractivity contribution in [3.63, 3.8) is 0 Å². The molecule has 0 saturated heterocycles. The van der Waals surface area contributed by atoms with Crippen molar-refractivity contribution >= 4 is 10.9 Å². The summed E-state index contributed by atoms with van der Waals surface area (Å²) in [5.41, 5.74) is 0.399. The first kappa shape index (κ1) is 17.0. The largest absolute Gasteiger partial charge is 0.493 e. The van der Waals surface area contributed by atoms with Gasteiger partial charge in [-0.15, -0.1) is 0 Å². The molecule has 0 fully saturated rings. The SMILES string of the molecule is CC.COc1cc2nc(C(F)(F)F)nc(C)c2cc1OC. The monoisotopic (exact) mass is 302 g/mol. The van der Waals surface area contributed by atoms with Crippen LogP contribution in [0.15, 0.2) is 12.1 Å². The molecule has 0 atom stereocenters. The second-order valence-corrected chi connectivity index (χ2v) is 3.85. The zero-order valence-corrected chi connectivity index (χ0v) is 12.5. The molecule has 0 aliphatic rings. The summed E-state index contributed by atoms with van der Waals surface area (Å²) in [7, 11) is 2.85. The third kappa shape index (κ3) is 3.53. The van der Waals surface area contributed by atoms with Gasteiger partial charge in [0.15, 0.2) is 11.5 Å². The number of benzene rings is 1. The van der Waals surface area contributed by atoms with Gasteiger partial charge in [0.05, 0.1) is 19.7 Å². The van der Waals surface area contributed by atoms with Crippen LogP contribution in [0, 0.1) is 6.92 Å². The zero-order valence-electron chi connectivity index (χ0n) is 12.5. The maximum absolute atomic E-state index is 12.6. The molecule has 0 aliphatic carbocycles. The summed E-state index contributed by atoms with van der Waals surface area (Å²) in [4.78, 5) is 6.99. The highest BCUT2D eigenvalue weighted by Crippen LogP contribution is 2.34. The smallest absolute Gasteiger partial charge is 0.451 e. The molecule has 1 heterocycles. The highest BCUT2D eigenvalue weighted by atomic mass is 19.4. The number of rotatable bonds is 2. The fourth-order valence-corrected chi connectivity index (χ4v) is 1.74. The van der Waals surface area contributed by atoms with Crippen molar-refractivity contribution in [2.75, 3.05) is 14.2 Å². The number of methoxy groups -OCH3 is 2. The van der Waals surface area contributed by atoms with Crippen LogP contribution in [-0.4, -0.2) is 24.2 Å². The predicted octanol–water partition coefficient (Wildman–Crippen LogP) is 4.00. The van der Waals surface area contributed by atoms with E-state index in [2.05, 4.69) is 9.97 Å². The fourth-order valence-electron chi connectivity index (χ4n) is 1.74. The Morgan fingerprint density at radius 2 is 1.48 bits per heavy atom. The quantitative estimate of drug-likeness (QED) is 0.841. The molecule has 1 aromatic heterocycles. The lowest BCUT2D eigenvalue weighted by molar-refractivity contribution is -0.144. The molecule has 0 spiro atoms. The average molecular weight is 302 g/mol. The van der Waals surface area contributed by atoms with Crippen LogP contribution in [-0.2, 0) is 6.18 Å². The van der Waals surface area contributed by atoms with Crippen LogP contribution >= 0.6 is 0 Å². The number of fused-ring (bicyclic) bond motifs is 1. The van der Waals surface area contributed by atoms with Crippen LogP contribution < -0.4 is 9.47 Å². The maximum atomic E-state index is 12.6. The van der Waals surface area contributed by atoms with Gasteiger partial charge in [0.2, 0.25) is 5.82 Å². The van der Waals surface area contributed by atoms with E-state index in [9.17, 15) is 13.2 Å². The van der Waals surface area contributed by atoms with E-state index < -0.39 is 12.0 Å². The van der Waals surface area contributed by atoms with Crippen LogP contribution in [0.1, 0.15) is 25.4 Å². The third-order valence-electron chi connectivity index (χ3n) is 2.65. The Morgan fingerprint density at radius 1 is 0.952 bits per heavy atom. The summed E-state index contributed by atoms with van der Waals surface area (Å²) < 4.78 is 48.1. The molecule has 116 valence electrons. The summed E-state index contributed by atoms with van der Waals surface area (Å²) in [6.45, 7) is 5.49. The van der Waals surface area contributed by atoms with Gasteiger partial charge in [0, 0.05) is 17.1 Å². The molecule has 0 radical (unpaired) electrons. The number of ether oxygens (including phenoxy) is 2. The number of nitrogens with zero attached hydrogens (tertiary/aromatic N) is 2. The lowest BCUT2D eigenvalue weighted by Crippen LogP contribution is -2.12. The highest BCUT2D eigenvalue weighted by Gasteiger charge is 2.35. The Kier molecular flexibility index (Phi) is 5.34. The predicted molar refractivity (Wildman–Crippen MR) is 73.7 cm³/mol. The number of alkyl halides is 3. The van der Waals surface area contributed by atoms with Crippen molar-refractivity contribution in [2.24, 2.45) is 0 Å². The summed E-state index contributed by atoms with van der Waals surface area (Å²) in [6, 6.07) is 2.96. The van der Waals surface area contributed by atoms with Gasteiger partial charge in [0.25, 0.3) is 0 Å². The molecule has 0 bridgehead atoms. The molecule has 1 aromatic carbocycles. The van der Waals surface area contributed by atoms with E-state index in [-0.39, 0.29) is 11.2 Å². The van der Waals surface area contributed by atoms with Crippen LogP contribution in [0.5, 0.6) is 11.5 Å². The lowest BCUT2D eigenvalue weighted by Gasteiger charge is -2.12. The van der Waals surface area contributed by atoms with Crippen molar-refractivity contribution in [1.29, 1.82) is 0 Å². The molecule has 4 nitrogen and oxygen atoms in total. The van der Waals surface area contributed by atoms with Gasteiger partial charge in [-0.25, -0.2) is 9.97 Å². The summed E-state index contributed by atoms with van der Waals surface area (Å²) in [5, 5.41) is 0.491. The second-order valence-electron chi connectivity index (χ2n) is 3.85. The van der Waals surface area contributed by atoms with E-state index in [0.29, 0.717) is 16.9 Å². The molecule has 7 heteroatoms. The Bertz CT molecular complexity index is 628. The zero-order chi connectivity index (χ0) is 16.2. The van der Waals surface area contributed by atoms with Gasteiger partial charge >= 0.3 is 6.18 Å². The van der Waals surface area contributed by atoms with Crippen molar-refractivity contribution in [2.45, 2.75) is 26.9 Å². The molecule has 0 unspecified atom stereocenters. The second kappa shape index (κ2) is 6.60. The Hall–Kier alpha value is -2.05. The standard InChI is InChI=1S/C12H11F3N2O2.C2H6/c1-6-7-4-9(18-2)10(19-3)5-8(7)17-11(16-6)12(13,14)15;1-2/h4-5H,1-3H3;1-2H3. The molecular weight excluding hydrogens is 285 g/mol. The molecule has 2 rings (SSSR count). The number of hydrogen-bond acceptors (Lipinski definition) is 4. The highest BCUT2D eigenvalue weighted by molar-refractivity contribution is 5.84. The molecule has 0 saturated carbocycles. The van der Waals surface area contributed by atoms with Gasteiger partial charge in [-0.1, -0.05) is 13.8 Å². The van der Waals surface area contributed by atoms with Gasteiger partial charge in [0.1, 0.15) is 0 Å². The number of hydrogen-bond donors (Lipinski definition) is 0. The Morgan fingerprint density at radius 3 is 1.95 bits per heavy atom. The van der Waals surface area contributed by atoms with Crippen LogP contribution in [0.4, 0.5) is 13.2 Å². The van der Waals surface area contributed by atoms with E-state index in [4.69, 9.17) is 9.47 Å². The Labute approximate surface area is 120 Å². The van der Waals surface area contributed by atoms with Crippen LogP contribution in [0.25, 0.3) is 10.9 Å². The van der Waals surface area contributed by atoms with E-state index in [0.717, 1.165) is 0 Å². The van der Waals surface area contributed by atoms with Crippen LogP contribution in [0.2, 0.25) is 0 Å². The minimum Gasteiger partial charge on any atom is -0.493 e. The lowest BCUT2D eigenvalue weighted by atomic mass is 10.1. The van der Waals surface area contributed by atoms with E-state index in [1.807, 2.05) is 13.8 Å². The summed E-state index contributed by atoms with van der Waals surface area (Å²) in [6.07, 6.45) is -4.58. The summed E-state index contributed by atoms with van der Waals surface area (Å²) in [5.74, 6) is -0.424.